The maximum absolute atomic E-state index is 12.5. The molecule has 5 nitrogen and oxygen atoms in total. The standard InChI is InChI=1S/C20H29BrN2O3/c1-14-5-7-16(21)13-15(14)6-8-18(24)23-11-9-17(10-12-23)22-19(25)26-20(2,3)4/h5,7,13,17H,6,8-12H2,1-4H3,(H,22,25). The Kier molecular flexibility index (Phi) is 7.09. The molecular formula is C20H29BrN2O3. The quantitative estimate of drug-likeness (QED) is 0.787. The zero-order chi connectivity index (χ0) is 19.3. The zero-order valence-corrected chi connectivity index (χ0v) is 17.7. The number of nitrogens with one attached hydrogen (secondary N) is 1. The van der Waals surface area contributed by atoms with Crippen molar-refractivity contribution in [1.82, 2.24) is 10.2 Å². The number of carbonyl (C=O) groups is 2. The molecule has 0 aliphatic carbocycles. The Bertz CT molecular complexity index is 647. The molecule has 0 unspecified atom stereocenters. The van der Waals surface area contributed by atoms with Gasteiger partial charge in [0.05, 0.1) is 0 Å². The van der Waals surface area contributed by atoms with Gasteiger partial charge >= 0.3 is 6.09 Å². The molecule has 1 fully saturated rings. The van der Waals surface area contributed by atoms with Crippen LogP contribution in [-0.4, -0.2) is 41.6 Å². The topological polar surface area (TPSA) is 58.6 Å². The van der Waals surface area contributed by atoms with E-state index in [1.807, 2.05) is 31.7 Å². The first-order valence-electron chi connectivity index (χ1n) is 9.16. The van der Waals surface area contributed by atoms with Crippen LogP contribution in [0, 0.1) is 6.92 Å². The third-order valence-corrected chi connectivity index (χ3v) is 4.98. The van der Waals surface area contributed by atoms with Crippen LogP contribution in [0.15, 0.2) is 22.7 Å². The monoisotopic (exact) mass is 424 g/mol. The molecular weight excluding hydrogens is 396 g/mol. The number of hydrogen-bond donors (Lipinski definition) is 1. The number of aryl methyl sites for hydroxylation is 2. The lowest BCUT2D eigenvalue weighted by molar-refractivity contribution is -0.132. The van der Waals surface area contributed by atoms with Crippen LogP contribution in [0.1, 0.15) is 51.2 Å². The molecule has 1 N–H and O–H groups in total. The van der Waals surface area contributed by atoms with E-state index in [1.54, 1.807) is 0 Å². The highest BCUT2D eigenvalue weighted by molar-refractivity contribution is 9.10. The van der Waals surface area contributed by atoms with Crippen molar-refractivity contribution in [3.63, 3.8) is 0 Å². The third-order valence-electron chi connectivity index (χ3n) is 4.49. The van der Waals surface area contributed by atoms with Crippen LogP contribution in [0.25, 0.3) is 0 Å². The summed E-state index contributed by atoms with van der Waals surface area (Å²) in [4.78, 5) is 26.2. The van der Waals surface area contributed by atoms with Crippen molar-refractivity contribution >= 4 is 27.9 Å². The van der Waals surface area contributed by atoms with Crippen molar-refractivity contribution in [1.29, 1.82) is 0 Å². The van der Waals surface area contributed by atoms with E-state index in [2.05, 4.69) is 40.3 Å². The van der Waals surface area contributed by atoms with Gasteiger partial charge in [-0.15, -0.1) is 0 Å². The predicted molar refractivity (Wildman–Crippen MR) is 106 cm³/mol. The van der Waals surface area contributed by atoms with Crippen molar-refractivity contribution in [3.05, 3.63) is 33.8 Å². The molecule has 2 amide bonds. The molecule has 1 aromatic rings. The molecule has 1 heterocycles. The van der Waals surface area contributed by atoms with Gasteiger partial charge in [0, 0.05) is 30.0 Å². The molecule has 0 radical (unpaired) electrons. The van der Waals surface area contributed by atoms with Gasteiger partial charge < -0.3 is 15.0 Å². The second-order valence-corrected chi connectivity index (χ2v) is 8.79. The van der Waals surface area contributed by atoms with Crippen LogP contribution >= 0.6 is 15.9 Å². The van der Waals surface area contributed by atoms with Gasteiger partial charge in [-0.2, -0.15) is 0 Å². The molecule has 1 aliphatic heterocycles. The Balaban J connectivity index is 1.76. The number of rotatable bonds is 4. The SMILES string of the molecule is Cc1ccc(Br)cc1CCC(=O)N1CCC(NC(=O)OC(C)(C)C)CC1. The molecule has 144 valence electrons. The molecule has 6 heteroatoms. The van der Waals surface area contributed by atoms with Gasteiger partial charge in [-0.25, -0.2) is 4.79 Å². The van der Waals surface area contributed by atoms with Gasteiger partial charge in [-0.3, -0.25) is 4.79 Å². The minimum absolute atomic E-state index is 0.0706. The number of halogens is 1. The van der Waals surface area contributed by atoms with E-state index in [9.17, 15) is 9.59 Å². The average molecular weight is 425 g/mol. The molecule has 1 aliphatic rings. The summed E-state index contributed by atoms with van der Waals surface area (Å²) in [6.45, 7) is 8.97. The Morgan fingerprint density at radius 3 is 2.54 bits per heavy atom. The molecule has 2 rings (SSSR count). The average Bonchev–Trinajstić information content (AvgIpc) is 2.54. The number of amides is 2. The van der Waals surface area contributed by atoms with E-state index in [-0.39, 0.29) is 18.0 Å². The maximum atomic E-state index is 12.5. The van der Waals surface area contributed by atoms with Gasteiger partial charge in [0.15, 0.2) is 0 Å². The van der Waals surface area contributed by atoms with Gasteiger partial charge in [-0.05, 0) is 70.2 Å². The first-order valence-corrected chi connectivity index (χ1v) is 9.95. The van der Waals surface area contributed by atoms with Crippen molar-refractivity contribution < 1.29 is 14.3 Å². The number of ether oxygens (including phenoxy) is 1. The van der Waals surface area contributed by atoms with Gasteiger partial charge in [0.2, 0.25) is 5.91 Å². The number of carbonyl (C=O) groups excluding carboxylic acids is 2. The Morgan fingerprint density at radius 2 is 1.92 bits per heavy atom. The van der Waals surface area contributed by atoms with Crippen LogP contribution in [0.5, 0.6) is 0 Å². The van der Waals surface area contributed by atoms with Crippen molar-refractivity contribution in [3.8, 4) is 0 Å². The maximum Gasteiger partial charge on any atom is 0.407 e. The first-order chi connectivity index (χ1) is 12.1. The minimum Gasteiger partial charge on any atom is -0.444 e. The van der Waals surface area contributed by atoms with Crippen molar-refractivity contribution in [2.45, 2.75) is 65.0 Å². The van der Waals surface area contributed by atoms with E-state index in [0.717, 1.165) is 23.7 Å². The fraction of sp³-hybridized carbons (Fsp3) is 0.600. The zero-order valence-electron chi connectivity index (χ0n) is 16.1. The van der Waals surface area contributed by atoms with E-state index in [0.29, 0.717) is 19.5 Å². The lowest BCUT2D eigenvalue weighted by atomic mass is 10.0. The van der Waals surface area contributed by atoms with Crippen LogP contribution < -0.4 is 5.32 Å². The summed E-state index contributed by atoms with van der Waals surface area (Å²) in [5.74, 6) is 0.181. The van der Waals surface area contributed by atoms with Crippen molar-refractivity contribution in [2.24, 2.45) is 0 Å². The molecule has 0 bridgehead atoms. The normalized spacial score (nSPS) is 15.7. The Hall–Kier alpha value is -1.56. The van der Waals surface area contributed by atoms with Gasteiger partial charge in [-0.1, -0.05) is 22.0 Å². The van der Waals surface area contributed by atoms with E-state index in [1.165, 1.54) is 11.1 Å². The highest BCUT2D eigenvalue weighted by atomic mass is 79.9. The van der Waals surface area contributed by atoms with Crippen LogP contribution in [0.2, 0.25) is 0 Å². The number of piperidine rings is 1. The van der Waals surface area contributed by atoms with Gasteiger partial charge in [0.1, 0.15) is 5.60 Å². The van der Waals surface area contributed by atoms with Gasteiger partial charge in [0.25, 0.3) is 0 Å². The van der Waals surface area contributed by atoms with E-state index in [4.69, 9.17) is 4.74 Å². The summed E-state index contributed by atoms with van der Waals surface area (Å²) < 4.78 is 6.33. The summed E-state index contributed by atoms with van der Waals surface area (Å²) >= 11 is 3.48. The fourth-order valence-electron chi connectivity index (χ4n) is 3.06. The summed E-state index contributed by atoms with van der Waals surface area (Å²) in [7, 11) is 0. The summed E-state index contributed by atoms with van der Waals surface area (Å²) in [6.07, 6.45) is 2.41. The van der Waals surface area contributed by atoms with E-state index < -0.39 is 5.60 Å². The number of hydrogen-bond acceptors (Lipinski definition) is 3. The third kappa shape index (κ3) is 6.63. The summed E-state index contributed by atoms with van der Waals surface area (Å²) in [5.41, 5.74) is 1.92. The second-order valence-electron chi connectivity index (χ2n) is 7.87. The Morgan fingerprint density at radius 1 is 1.27 bits per heavy atom. The number of alkyl carbamates (subject to hydrolysis) is 1. The Labute approximate surface area is 164 Å². The molecule has 0 atom stereocenters. The lowest BCUT2D eigenvalue weighted by Crippen LogP contribution is -2.47. The second kappa shape index (κ2) is 8.89. The van der Waals surface area contributed by atoms with Crippen LogP contribution in [0.3, 0.4) is 0 Å². The molecule has 0 saturated carbocycles. The molecule has 26 heavy (non-hydrogen) atoms. The van der Waals surface area contributed by atoms with Crippen LogP contribution in [0.4, 0.5) is 4.79 Å². The smallest absolute Gasteiger partial charge is 0.407 e. The lowest BCUT2D eigenvalue weighted by Gasteiger charge is -2.33. The molecule has 1 aromatic carbocycles. The summed E-state index contributed by atoms with van der Waals surface area (Å²) in [6, 6.07) is 6.24. The highest BCUT2D eigenvalue weighted by Gasteiger charge is 2.25. The summed E-state index contributed by atoms with van der Waals surface area (Å²) in [5, 5.41) is 2.90. The fourth-order valence-corrected chi connectivity index (χ4v) is 3.47. The molecule has 0 spiro atoms. The number of benzene rings is 1. The van der Waals surface area contributed by atoms with E-state index >= 15 is 0 Å². The number of nitrogens with zero attached hydrogens (tertiary/aromatic N) is 1. The molecule has 0 aromatic heterocycles. The number of likely N-dealkylation sites (tertiary alicyclic amines) is 1. The highest BCUT2D eigenvalue weighted by Crippen LogP contribution is 2.19. The molecule has 1 saturated heterocycles. The van der Waals surface area contributed by atoms with Crippen LogP contribution in [-0.2, 0) is 16.0 Å². The predicted octanol–water partition coefficient (Wildman–Crippen LogP) is 4.21. The largest absolute Gasteiger partial charge is 0.444 e. The first kappa shape index (κ1) is 20.7. The van der Waals surface area contributed by atoms with Crippen molar-refractivity contribution in [2.75, 3.05) is 13.1 Å². The minimum atomic E-state index is -0.495.